The van der Waals surface area contributed by atoms with Crippen LogP contribution < -0.4 is 10.1 Å². The lowest BCUT2D eigenvalue weighted by molar-refractivity contribution is -0.0504. The quantitative estimate of drug-likeness (QED) is 0.850. The maximum atomic E-state index is 12.4. The summed E-state index contributed by atoms with van der Waals surface area (Å²) in [5, 5.41) is 2.69. The van der Waals surface area contributed by atoms with E-state index in [2.05, 4.69) is 10.1 Å². The molecule has 2 rings (SSSR count). The number of nitrogens with one attached hydrogen (secondary N) is 1. The van der Waals surface area contributed by atoms with E-state index in [0.29, 0.717) is 17.7 Å². The SMILES string of the molecule is COCc1cccc(C(=O)NCc2ccccc2OC(F)F)c1. The zero-order chi connectivity index (χ0) is 16.7. The first-order valence-electron chi connectivity index (χ1n) is 6.99. The van der Waals surface area contributed by atoms with Crippen LogP contribution in [0.25, 0.3) is 0 Å². The summed E-state index contributed by atoms with van der Waals surface area (Å²) < 4.78 is 34.2. The number of amides is 1. The van der Waals surface area contributed by atoms with E-state index < -0.39 is 6.61 Å². The van der Waals surface area contributed by atoms with Gasteiger partial charge in [0.15, 0.2) is 0 Å². The van der Waals surface area contributed by atoms with E-state index in [4.69, 9.17) is 4.74 Å². The van der Waals surface area contributed by atoms with E-state index in [1.165, 1.54) is 6.07 Å². The van der Waals surface area contributed by atoms with Crippen molar-refractivity contribution < 1.29 is 23.0 Å². The van der Waals surface area contributed by atoms with Gasteiger partial charge in [0.2, 0.25) is 0 Å². The van der Waals surface area contributed by atoms with Gasteiger partial charge in [0, 0.05) is 24.8 Å². The molecule has 0 heterocycles. The summed E-state index contributed by atoms with van der Waals surface area (Å²) in [6, 6.07) is 13.4. The molecular formula is C17H17F2NO3. The summed E-state index contributed by atoms with van der Waals surface area (Å²) in [5.74, 6) is -0.245. The highest BCUT2D eigenvalue weighted by molar-refractivity contribution is 5.94. The van der Waals surface area contributed by atoms with Crippen LogP contribution in [0.15, 0.2) is 48.5 Å². The molecule has 0 saturated heterocycles. The fourth-order valence-corrected chi connectivity index (χ4v) is 2.11. The Morgan fingerprint density at radius 2 is 1.96 bits per heavy atom. The third-order valence-electron chi connectivity index (χ3n) is 3.13. The van der Waals surface area contributed by atoms with Crippen molar-refractivity contribution in [1.29, 1.82) is 0 Å². The second kappa shape index (κ2) is 8.24. The van der Waals surface area contributed by atoms with Gasteiger partial charge in [-0.15, -0.1) is 0 Å². The average Bonchev–Trinajstić information content (AvgIpc) is 2.54. The first kappa shape index (κ1) is 16.9. The van der Waals surface area contributed by atoms with Crippen LogP contribution in [0.5, 0.6) is 5.75 Å². The number of para-hydroxylation sites is 1. The Labute approximate surface area is 133 Å². The molecule has 0 aliphatic heterocycles. The highest BCUT2D eigenvalue weighted by atomic mass is 19.3. The Balaban J connectivity index is 2.03. The standard InChI is InChI=1S/C17H17F2NO3/c1-22-11-12-5-4-7-13(9-12)16(21)20-10-14-6-2-3-8-15(14)23-17(18)19/h2-9,17H,10-11H2,1H3,(H,20,21). The third-order valence-corrected chi connectivity index (χ3v) is 3.13. The van der Waals surface area contributed by atoms with Gasteiger partial charge >= 0.3 is 6.61 Å². The average molecular weight is 321 g/mol. The van der Waals surface area contributed by atoms with Gasteiger partial charge in [-0.3, -0.25) is 4.79 Å². The van der Waals surface area contributed by atoms with E-state index in [1.54, 1.807) is 43.5 Å². The lowest BCUT2D eigenvalue weighted by atomic mass is 10.1. The van der Waals surface area contributed by atoms with Gasteiger partial charge in [-0.2, -0.15) is 8.78 Å². The molecule has 1 N–H and O–H groups in total. The number of alkyl halides is 2. The van der Waals surface area contributed by atoms with Crippen LogP contribution in [0.1, 0.15) is 21.5 Å². The highest BCUT2D eigenvalue weighted by Gasteiger charge is 2.11. The van der Waals surface area contributed by atoms with Crippen LogP contribution in [0.3, 0.4) is 0 Å². The Morgan fingerprint density at radius 1 is 1.17 bits per heavy atom. The third kappa shape index (κ3) is 5.03. The molecule has 0 unspecified atom stereocenters. The molecule has 0 bridgehead atoms. The summed E-state index contributed by atoms with van der Waals surface area (Å²) >= 11 is 0. The summed E-state index contributed by atoms with van der Waals surface area (Å²) in [6.07, 6.45) is 0. The Morgan fingerprint density at radius 3 is 2.70 bits per heavy atom. The molecule has 0 fully saturated rings. The first-order chi connectivity index (χ1) is 11.1. The molecule has 0 aliphatic carbocycles. The number of hydrogen-bond acceptors (Lipinski definition) is 3. The lowest BCUT2D eigenvalue weighted by Crippen LogP contribution is -2.23. The molecule has 0 saturated carbocycles. The van der Waals surface area contributed by atoms with Crippen molar-refractivity contribution in [1.82, 2.24) is 5.32 Å². The lowest BCUT2D eigenvalue weighted by Gasteiger charge is -2.11. The summed E-state index contributed by atoms with van der Waals surface area (Å²) in [5.41, 5.74) is 1.84. The van der Waals surface area contributed by atoms with Crippen molar-refractivity contribution in [3.05, 3.63) is 65.2 Å². The van der Waals surface area contributed by atoms with Crippen LogP contribution in [0.2, 0.25) is 0 Å². The molecule has 2 aromatic carbocycles. The zero-order valence-electron chi connectivity index (χ0n) is 12.6. The topological polar surface area (TPSA) is 47.6 Å². The monoisotopic (exact) mass is 321 g/mol. The van der Waals surface area contributed by atoms with Crippen LogP contribution in [-0.4, -0.2) is 19.6 Å². The second-order valence-corrected chi connectivity index (χ2v) is 4.80. The van der Waals surface area contributed by atoms with Crippen molar-refractivity contribution in [3.8, 4) is 5.75 Å². The molecule has 6 heteroatoms. The maximum Gasteiger partial charge on any atom is 0.387 e. The Hall–Kier alpha value is -2.47. The van der Waals surface area contributed by atoms with Gasteiger partial charge in [-0.25, -0.2) is 0 Å². The fraction of sp³-hybridized carbons (Fsp3) is 0.235. The van der Waals surface area contributed by atoms with E-state index in [9.17, 15) is 13.6 Å². The normalized spacial score (nSPS) is 10.6. The predicted octanol–water partition coefficient (Wildman–Crippen LogP) is 3.36. The van der Waals surface area contributed by atoms with Crippen molar-refractivity contribution in [3.63, 3.8) is 0 Å². The number of carbonyl (C=O) groups excluding carboxylic acids is 1. The highest BCUT2D eigenvalue weighted by Crippen LogP contribution is 2.20. The zero-order valence-corrected chi connectivity index (χ0v) is 12.6. The number of carbonyl (C=O) groups is 1. The van der Waals surface area contributed by atoms with Crippen molar-refractivity contribution in [2.75, 3.05) is 7.11 Å². The maximum absolute atomic E-state index is 12.4. The summed E-state index contributed by atoms with van der Waals surface area (Å²) in [4.78, 5) is 12.2. The van der Waals surface area contributed by atoms with Crippen LogP contribution in [0.4, 0.5) is 8.78 Å². The number of halogens is 2. The molecule has 0 radical (unpaired) electrons. The largest absolute Gasteiger partial charge is 0.434 e. The number of ether oxygens (including phenoxy) is 2. The van der Waals surface area contributed by atoms with Crippen molar-refractivity contribution >= 4 is 5.91 Å². The second-order valence-electron chi connectivity index (χ2n) is 4.80. The van der Waals surface area contributed by atoms with Gasteiger partial charge < -0.3 is 14.8 Å². The van der Waals surface area contributed by atoms with Crippen molar-refractivity contribution in [2.24, 2.45) is 0 Å². The molecule has 0 aromatic heterocycles. The Bertz CT molecular complexity index is 662. The predicted molar refractivity (Wildman–Crippen MR) is 81.4 cm³/mol. The Kier molecular flexibility index (Phi) is 6.05. The number of hydrogen-bond donors (Lipinski definition) is 1. The molecule has 1 amide bonds. The van der Waals surface area contributed by atoms with Crippen molar-refractivity contribution in [2.45, 2.75) is 19.8 Å². The summed E-state index contributed by atoms with van der Waals surface area (Å²) in [6.45, 7) is -2.40. The van der Waals surface area contributed by atoms with Gasteiger partial charge in [0.1, 0.15) is 5.75 Å². The molecule has 4 nitrogen and oxygen atoms in total. The smallest absolute Gasteiger partial charge is 0.387 e. The molecular weight excluding hydrogens is 304 g/mol. The molecule has 0 atom stereocenters. The van der Waals surface area contributed by atoms with Gasteiger partial charge in [-0.1, -0.05) is 30.3 Å². The van der Waals surface area contributed by atoms with Gasteiger partial charge in [-0.05, 0) is 23.8 Å². The van der Waals surface area contributed by atoms with Crippen LogP contribution in [0, 0.1) is 0 Å². The number of benzene rings is 2. The molecule has 122 valence electrons. The van der Waals surface area contributed by atoms with Crippen LogP contribution >= 0.6 is 0 Å². The minimum atomic E-state index is -2.91. The first-order valence-corrected chi connectivity index (χ1v) is 6.99. The van der Waals surface area contributed by atoms with Crippen LogP contribution in [-0.2, 0) is 17.9 Å². The van der Waals surface area contributed by atoms with Gasteiger partial charge in [0.05, 0.1) is 6.61 Å². The minimum Gasteiger partial charge on any atom is -0.434 e. The molecule has 2 aromatic rings. The van der Waals surface area contributed by atoms with E-state index in [-0.39, 0.29) is 18.2 Å². The van der Waals surface area contributed by atoms with Gasteiger partial charge in [0.25, 0.3) is 5.91 Å². The van der Waals surface area contributed by atoms with E-state index in [1.807, 2.05) is 6.07 Å². The summed E-state index contributed by atoms with van der Waals surface area (Å²) in [7, 11) is 1.58. The number of methoxy groups -OCH3 is 1. The molecule has 0 aliphatic rings. The number of rotatable bonds is 7. The molecule has 0 spiro atoms. The fourth-order valence-electron chi connectivity index (χ4n) is 2.11. The van der Waals surface area contributed by atoms with E-state index >= 15 is 0 Å². The minimum absolute atomic E-state index is 0.0518. The van der Waals surface area contributed by atoms with E-state index in [0.717, 1.165) is 5.56 Å². The molecule has 23 heavy (non-hydrogen) atoms.